The van der Waals surface area contributed by atoms with Crippen LogP contribution in [0.1, 0.15) is 54.6 Å². The molecule has 4 N–H and O–H groups in total. The highest BCUT2D eigenvalue weighted by molar-refractivity contribution is 6.31. The van der Waals surface area contributed by atoms with Crippen LogP contribution in [0.5, 0.6) is 0 Å². The van der Waals surface area contributed by atoms with E-state index in [0.29, 0.717) is 6.42 Å². The van der Waals surface area contributed by atoms with Crippen molar-refractivity contribution in [1.82, 2.24) is 5.32 Å². The highest BCUT2D eigenvalue weighted by Crippen LogP contribution is 2.52. The topological polar surface area (TPSA) is 108 Å². The number of benzene rings is 3. The lowest BCUT2D eigenvalue weighted by Gasteiger charge is -2.37. The lowest BCUT2D eigenvalue weighted by Crippen LogP contribution is -2.45. The van der Waals surface area contributed by atoms with Gasteiger partial charge in [0.1, 0.15) is 17.0 Å². The quantitative estimate of drug-likeness (QED) is 0.314. The van der Waals surface area contributed by atoms with Crippen LogP contribution < -0.4 is 16.4 Å². The fourth-order valence-corrected chi connectivity index (χ4v) is 5.87. The Hall–Kier alpha value is -3.51. The van der Waals surface area contributed by atoms with Gasteiger partial charge in [0.25, 0.3) is 0 Å². The molecule has 0 spiro atoms. The van der Waals surface area contributed by atoms with E-state index in [-0.39, 0.29) is 37.8 Å². The molecule has 1 saturated heterocycles. The molecule has 1 aliphatic heterocycles. The molecule has 1 heterocycles. The van der Waals surface area contributed by atoms with Crippen LogP contribution >= 0.6 is 23.2 Å². The Morgan fingerprint density at radius 3 is 2.42 bits per heavy atom. The molecule has 0 saturated carbocycles. The van der Waals surface area contributed by atoms with Gasteiger partial charge in [0, 0.05) is 33.8 Å². The van der Waals surface area contributed by atoms with Crippen LogP contribution in [0.25, 0.3) is 0 Å². The second kappa shape index (κ2) is 11.2. The number of rotatable bonds is 6. The summed E-state index contributed by atoms with van der Waals surface area (Å²) in [5, 5.41) is 16.8. The molecular weight excluding hydrogens is 557 g/mol. The predicted molar refractivity (Wildman–Crippen MR) is 151 cm³/mol. The molecule has 0 radical (unpaired) electrons. The lowest BCUT2D eigenvalue weighted by molar-refractivity contribution is -0.118. The lowest BCUT2D eigenvalue weighted by atomic mass is 9.62. The summed E-state index contributed by atoms with van der Waals surface area (Å²) >= 11 is 12.2. The summed E-state index contributed by atoms with van der Waals surface area (Å²) in [6.07, 6.45) is 0.336. The molecule has 3 aromatic rings. The Balaban J connectivity index is 1.95. The maximum Gasteiger partial charge on any atom is 0.248 e. The number of nitrogens with one attached hydrogen (secondary N) is 2. The van der Waals surface area contributed by atoms with Gasteiger partial charge in [0.2, 0.25) is 11.8 Å². The maximum atomic E-state index is 15.7. The number of hydrogen-bond acceptors (Lipinski definition) is 4. The zero-order valence-electron chi connectivity index (χ0n) is 22.1. The van der Waals surface area contributed by atoms with Crippen LogP contribution in [-0.2, 0) is 10.2 Å². The third-order valence-corrected chi connectivity index (χ3v) is 7.67. The first-order chi connectivity index (χ1) is 18.8. The van der Waals surface area contributed by atoms with Crippen molar-refractivity contribution in [2.75, 3.05) is 5.32 Å². The van der Waals surface area contributed by atoms with Gasteiger partial charge in [-0.15, -0.1) is 0 Å². The average Bonchev–Trinajstić information content (AvgIpc) is 3.18. The van der Waals surface area contributed by atoms with E-state index in [9.17, 15) is 14.9 Å². The number of primary amides is 1. The van der Waals surface area contributed by atoms with Gasteiger partial charge in [0.05, 0.1) is 17.1 Å². The van der Waals surface area contributed by atoms with E-state index >= 15 is 8.78 Å². The molecule has 4 atom stereocenters. The summed E-state index contributed by atoms with van der Waals surface area (Å²) in [7, 11) is 0. The summed E-state index contributed by atoms with van der Waals surface area (Å²) in [6.45, 7) is 5.85. The first kappa shape index (κ1) is 29.5. The SMILES string of the molecule is CC(C)(C)CC1NC(C(=O)Nc2cccc(C(N)=O)c2)C(c2cccc(Cl)c2F)C1(C#N)c1ccc(Cl)cc1F. The zero-order chi connectivity index (χ0) is 29.4. The van der Waals surface area contributed by atoms with Gasteiger partial charge in [-0.3, -0.25) is 9.59 Å². The highest BCUT2D eigenvalue weighted by atomic mass is 35.5. The summed E-state index contributed by atoms with van der Waals surface area (Å²) in [6, 6.07) is 14.6. The van der Waals surface area contributed by atoms with E-state index in [1.165, 1.54) is 42.5 Å². The van der Waals surface area contributed by atoms with Crippen molar-refractivity contribution in [1.29, 1.82) is 5.26 Å². The number of carbonyl (C=O) groups excluding carboxylic acids is 2. The largest absolute Gasteiger partial charge is 0.366 e. The van der Waals surface area contributed by atoms with Crippen LogP contribution in [0.4, 0.5) is 14.5 Å². The minimum Gasteiger partial charge on any atom is -0.366 e. The number of anilines is 1. The molecule has 2 amide bonds. The molecule has 4 rings (SSSR count). The van der Waals surface area contributed by atoms with E-state index in [0.717, 1.165) is 6.07 Å². The molecule has 6 nitrogen and oxygen atoms in total. The monoisotopic (exact) mass is 584 g/mol. The van der Waals surface area contributed by atoms with Crippen molar-refractivity contribution in [3.8, 4) is 6.07 Å². The van der Waals surface area contributed by atoms with Gasteiger partial charge in [-0.2, -0.15) is 5.26 Å². The highest BCUT2D eigenvalue weighted by Gasteiger charge is 2.61. The molecule has 10 heteroatoms. The summed E-state index contributed by atoms with van der Waals surface area (Å²) in [4.78, 5) is 25.6. The van der Waals surface area contributed by atoms with E-state index in [2.05, 4.69) is 16.7 Å². The molecule has 4 unspecified atom stereocenters. The minimum absolute atomic E-state index is 0.0154. The second-order valence-corrected chi connectivity index (χ2v) is 12.0. The maximum absolute atomic E-state index is 15.7. The standard InChI is InChI=1S/C30H28Cl2F2N4O2/c1-29(2,3)14-23-30(15-35,20-11-10-17(31)13-22(20)33)24(19-8-5-9-21(32)25(19)34)26(38-23)28(40)37-18-7-4-6-16(12-18)27(36)39/h4-13,23-24,26,38H,14H2,1-3H3,(H2,36,39)(H,37,40). The average molecular weight is 585 g/mol. The first-order valence-electron chi connectivity index (χ1n) is 12.6. The van der Waals surface area contributed by atoms with Crippen LogP contribution in [0.3, 0.4) is 0 Å². The molecule has 40 heavy (non-hydrogen) atoms. The predicted octanol–water partition coefficient (Wildman–Crippen LogP) is 6.33. The van der Waals surface area contributed by atoms with Crippen LogP contribution in [0.2, 0.25) is 10.0 Å². The van der Waals surface area contributed by atoms with Gasteiger partial charge in [0.15, 0.2) is 0 Å². The fourth-order valence-electron chi connectivity index (χ4n) is 5.53. The number of carbonyl (C=O) groups is 2. The third kappa shape index (κ3) is 5.55. The second-order valence-electron chi connectivity index (χ2n) is 11.1. The van der Waals surface area contributed by atoms with E-state index in [4.69, 9.17) is 28.9 Å². The molecule has 0 bridgehead atoms. The van der Waals surface area contributed by atoms with E-state index in [1.54, 1.807) is 12.1 Å². The van der Waals surface area contributed by atoms with Crippen LogP contribution in [0.15, 0.2) is 60.7 Å². The summed E-state index contributed by atoms with van der Waals surface area (Å²) in [5.74, 6) is -4.07. The van der Waals surface area contributed by atoms with Crippen molar-refractivity contribution in [3.05, 3.63) is 99.0 Å². The zero-order valence-corrected chi connectivity index (χ0v) is 23.6. The normalized spacial score (nSPS) is 22.5. The molecule has 0 aliphatic carbocycles. The summed E-state index contributed by atoms with van der Waals surface area (Å²) in [5.41, 5.74) is 3.68. The molecule has 1 fully saturated rings. The van der Waals surface area contributed by atoms with Gasteiger partial charge in [-0.05, 0) is 53.8 Å². The Bertz CT molecular complexity index is 1520. The Morgan fingerprint density at radius 1 is 1.10 bits per heavy atom. The molecular formula is C30H28Cl2F2N4O2. The van der Waals surface area contributed by atoms with Gasteiger partial charge < -0.3 is 16.4 Å². The van der Waals surface area contributed by atoms with Crippen molar-refractivity contribution in [2.45, 2.75) is 50.6 Å². The number of nitrogens with zero attached hydrogens (tertiary/aromatic N) is 1. The van der Waals surface area contributed by atoms with Gasteiger partial charge in [-0.1, -0.05) is 68.2 Å². The smallest absolute Gasteiger partial charge is 0.248 e. The minimum atomic E-state index is -1.75. The number of hydrogen-bond donors (Lipinski definition) is 3. The van der Waals surface area contributed by atoms with E-state index in [1.807, 2.05) is 20.8 Å². The van der Waals surface area contributed by atoms with E-state index < -0.39 is 46.9 Å². The van der Waals surface area contributed by atoms with Crippen molar-refractivity contribution in [2.24, 2.45) is 11.1 Å². The van der Waals surface area contributed by atoms with Crippen molar-refractivity contribution in [3.63, 3.8) is 0 Å². The Kier molecular flexibility index (Phi) is 8.23. The summed E-state index contributed by atoms with van der Waals surface area (Å²) < 4.78 is 31.4. The first-order valence-corrected chi connectivity index (χ1v) is 13.3. The Morgan fingerprint density at radius 2 is 1.80 bits per heavy atom. The molecule has 0 aromatic heterocycles. The number of nitriles is 1. The molecule has 208 valence electrons. The van der Waals surface area contributed by atoms with Gasteiger partial charge in [-0.25, -0.2) is 8.78 Å². The van der Waals surface area contributed by atoms with Crippen LogP contribution in [0, 0.1) is 28.4 Å². The van der Waals surface area contributed by atoms with Crippen molar-refractivity contribution >= 4 is 40.7 Å². The van der Waals surface area contributed by atoms with Crippen molar-refractivity contribution < 1.29 is 18.4 Å². The number of nitrogens with two attached hydrogens (primary N) is 1. The molecule has 1 aliphatic rings. The number of amides is 2. The Labute approximate surface area is 241 Å². The molecule has 3 aromatic carbocycles. The fraction of sp³-hybridized carbons (Fsp3) is 0.300. The van der Waals surface area contributed by atoms with Crippen LogP contribution in [-0.4, -0.2) is 23.9 Å². The van der Waals surface area contributed by atoms with Gasteiger partial charge >= 0.3 is 0 Å². The third-order valence-electron chi connectivity index (χ3n) is 7.15. The number of halogens is 4.